The molecule has 0 saturated heterocycles. The summed E-state index contributed by atoms with van der Waals surface area (Å²) < 4.78 is 5.28. The molecule has 0 aromatic heterocycles. The van der Waals surface area contributed by atoms with Crippen LogP contribution >= 0.6 is 0 Å². The van der Waals surface area contributed by atoms with Crippen LogP contribution < -0.4 is 21.1 Å². The molecule has 2 unspecified atom stereocenters. The molecule has 1 aromatic carbocycles. The van der Waals surface area contributed by atoms with E-state index in [0.29, 0.717) is 23.5 Å². The van der Waals surface area contributed by atoms with Crippen LogP contribution in [0.1, 0.15) is 20.3 Å². The summed E-state index contributed by atoms with van der Waals surface area (Å²) >= 11 is 0. The highest BCUT2D eigenvalue weighted by Crippen LogP contribution is 2.35. The molecule has 1 aromatic rings. The van der Waals surface area contributed by atoms with Gasteiger partial charge in [-0.1, -0.05) is 0 Å². The molecule has 0 radical (unpaired) electrons. The van der Waals surface area contributed by atoms with Gasteiger partial charge in [0.25, 0.3) is 5.91 Å². The van der Waals surface area contributed by atoms with Crippen molar-refractivity contribution in [1.82, 2.24) is 0 Å². The molecule has 2 rings (SSSR count). The number of ether oxygens (including phenoxy) is 1. The molecule has 0 fully saturated rings. The van der Waals surface area contributed by atoms with Gasteiger partial charge in [-0.3, -0.25) is 4.79 Å². The Balaban J connectivity index is 2.17. The molecule has 0 bridgehead atoms. The number of hydrogen-bond donors (Lipinski definition) is 4. The highest BCUT2D eigenvalue weighted by molar-refractivity contribution is 5.97. The minimum absolute atomic E-state index is 0.0116. The summed E-state index contributed by atoms with van der Waals surface area (Å²) in [5.74, 6) is 0.395. The number of rotatable bonds is 4. The molecule has 1 heterocycles. The highest BCUT2D eigenvalue weighted by atomic mass is 16.5. The third-order valence-electron chi connectivity index (χ3n) is 2.88. The Bertz CT molecular complexity index is 488. The van der Waals surface area contributed by atoms with Crippen molar-refractivity contribution in [3.63, 3.8) is 0 Å². The first-order valence-electron chi connectivity index (χ1n) is 6.26. The van der Waals surface area contributed by atoms with Crippen LogP contribution in [0.2, 0.25) is 0 Å². The summed E-state index contributed by atoms with van der Waals surface area (Å²) in [6.07, 6.45) is 0.226. The second-order valence-electron chi connectivity index (χ2n) is 4.90. The van der Waals surface area contributed by atoms with Crippen molar-refractivity contribution in [1.29, 1.82) is 0 Å². The van der Waals surface area contributed by atoms with Crippen LogP contribution in [0.15, 0.2) is 12.1 Å². The number of amides is 1. The van der Waals surface area contributed by atoms with Crippen molar-refractivity contribution in [2.24, 2.45) is 0 Å². The molecule has 2 atom stereocenters. The lowest BCUT2D eigenvalue weighted by atomic mass is 10.1. The SMILES string of the molecule is CC(O)CC(C)Nc1cc2c(cc1N)OCC(=O)N2. The lowest BCUT2D eigenvalue weighted by molar-refractivity contribution is -0.118. The lowest BCUT2D eigenvalue weighted by Crippen LogP contribution is -2.26. The average molecular weight is 265 g/mol. The summed E-state index contributed by atoms with van der Waals surface area (Å²) in [4.78, 5) is 11.3. The van der Waals surface area contributed by atoms with E-state index in [1.54, 1.807) is 19.1 Å². The third-order valence-corrected chi connectivity index (χ3v) is 2.88. The Morgan fingerprint density at radius 2 is 2.26 bits per heavy atom. The summed E-state index contributed by atoms with van der Waals surface area (Å²) in [5.41, 5.74) is 7.82. The number of fused-ring (bicyclic) bond motifs is 1. The molecule has 1 aliphatic heterocycles. The maximum atomic E-state index is 11.3. The first kappa shape index (κ1) is 13.5. The van der Waals surface area contributed by atoms with Crippen molar-refractivity contribution in [3.05, 3.63) is 12.1 Å². The summed E-state index contributed by atoms with van der Waals surface area (Å²) in [7, 11) is 0. The maximum Gasteiger partial charge on any atom is 0.262 e. The molecular formula is C13H19N3O3. The van der Waals surface area contributed by atoms with Crippen LogP contribution in [-0.4, -0.2) is 29.8 Å². The maximum absolute atomic E-state index is 11.3. The second-order valence-corrected chi connectivity index (χ2v) is 4.90. The normalized spacial score (nSPS) is 16.9. The van der Waals surface area contributed by atoms with Gasteiger partial charge in [0.15, 0.2) is 6.61 Å². The predicted molar refractivity (Wildman–Crippen MR) is 74.4 cm³/mol. The number of nitrogens with one attached hydrogen (secondary N) is 2. The number of aliphatic hydroxyl groups excluding tert-OH is 1. The zero-order chi connectivity index (χ0) is 14.0. The van der Waals surface area contributed by atoms with E-state index in [0.717, 1.165) is 5.69 Å². The average Bonchev–Trinajstić information content (AvgIpc) is 2.29. The molecule has 104 valence electrons. The van der Waals surface area contributed by atoms with Crippen LogP contribution in [-0.2, 0) is 4.79 Å². The molecular weight excluding hydrogens is 246 g/mol. The first-order chi connectivity index (χ1) is 8.95. The summed E-state index contributed by atoms with van der Waals surface area (Å²) in [6.45, 7) is 3.71. The first-order valence-corrected chi connectivity index (χ1v) is 6.26. The molecule has 1 aliphatic rings. The van der Waals surface area contributed by atoms with E-state index in [2.05, 4.69) is 10.6 Å². The number of carbonyl (C=O) groups is 1. The highest BCUT2D eigenvalue weighted by Gasteiger charge is 2.18. The van der Waals surface area contributed by atoms with Gasteiger partial charge in [0.05, 0.1) is 23.2 Å². The van der Waals surface area contributed by atoms with Crippen LogP contribution in [0.25, 0.3) is 0 Å². The van der Waals surface area contributed by atoms with E-state index >= 15 is 0 Å². The van der Waals surface area contributed by atoms with Crippen molar-refractivity contribution in [2.45, 2.75) is 32.4 Å². The fourth-order valence-corrected chi connectivity index (χ4v) is 2.10. The number of nitrogen functional groups attached to an aromatic ring is 1. The molecule has 5 N–H and O–H groups in total. The molecule has 0 saturated carbocycles. The lowest BCUT2D eigenvalue weighted by Gasteiger charge is -2.22. The zero-order valence-corrected chi connectivity index (χ0v) is 11.1. The number of carbonyl (C=O) groups excluding carboxylic acids is 1. The molecule has 19 heavy (non-hydrogen) atoms. The van der Waals surface area contributed by atoms with Crippen molar-refractivity contribution in [3.8, 4) is 5.75 Å². The predicted octanol–water partition coefficient (Wildman–Crippen LogP) is 1.17. The summed E-state index contributed by atoms with van der Waals surface area (Å²) in [6, 6.07) is 3.51. The van der Waals surface area contributed by atoms with Gasteiger partial charge in [0.1, 0.15) is 5.75 Å². The van der Waals surface area contributed by atoms with Crippen molar-refractivity contribution >= 4 is 23.0 Å². The Hall–Kier alpha value is -1.95. The molecule has 0 spiro atoms. The van der Waals surface area contributed by atoms with E-state index < -0.39 is 0 Å². The minimum atomic E-state index is -0.385. The van der Waals surface area contributed by atoms with E-state index in [9.17, 15) is 9.90 Å². The van der Waals surface area contributed by atoms with Gasteiger partial charge < -0.3 is 26.2 Å². The Morgan fingerprint density at radius 3 is 2.95 bits per heavy atom. The standard InChI is InChI=1S/C13H19N3O3/c1-7(3-8(2)17)15-10-5-11-12(4-9(10)14)19-6-13(18)16-11/h4-5,7-8,15,17H,3,6,14H2,1-2H3,(H,16,18). The van der Waals surface area contributed by atoms with Crippen LogP contribution in [0, 0.1) is 0 Å². The van der Waals surface area contributed by atoms with Crippen LogP contribution in [0.3, 0.4) is 0 Å². The van der Waals surface area contributed by atoms with Gasteiger partial charge in [-0.05, 0) is 26.3 Å². The number of hydrogen-bond acceptors (Lipinski definition) is 5. The fourth-order valence-electron chi connectivity index (χ4n) is 2.10. The van der Waals surface area contributed by atoms with E-state index in [4.69, 9.17) is 10.5 Å². The molecule has 1 amide bonds. The quantitative estimate of drug-likeness (QED) is 0.613. The minimum Gasteiger partial charge on any atom is -0.482 e. The van der Waals surface area contributed by atoms with Gasteiger partial charge in [0.2, 0.25) is 0 Å². The Morgan fingerprint density at radius 1 is 1.53 bits per heavy atom. The number of nitrogens with two attached hydrogens (primary N) is 1. The topological polar surface area (TPSA) is 96.6 Å². The van der Waals surface area contributed by atoms with Crippen molar-refractivity contribution in [2.75, 3.05) is 23.0 Å². The van der Waals surface area contributed by atoms with E-state index in [1.807, 2.05) is 6.92 Å². The monoisotopic (exact) mass is 265 g/mol. The molecule has 6 heteroatoms. The second kappa shape index (κ2) is 5.36. The molecule has 0 aliphatic carbocycles. The van der Waals surface area contributed by atoms with Gasteiger partial charge >= 0.3 is 0 Å². The van der Waals surface area contributed by atoms with E-state index in [1.165, 1.54) is 0 Å². The third kappa shape index (κ3) is 3.29. The van der Waals surface area contributed by atoms with Gasteiger partial charge in [-0.15, -0.1) is 0 Å². The number of benzene rings is 1. The van der Waals surface area contributed by atoms with Crippen LogP contribution in [0.4, 0.5) is 17.1 Å². The summed E-state index contributed by atoms with van der Waals surface area (Å²) in [5, 5.41) is 15.3. The van der Waals surface area contributed by atoms with E-state index in [-0.39, 0.29) is 24.7 Å². The Kier molecular flexibility index (Phi) is 3.80. The largest absolute Gasteiger partial charge is 0.482 e. The fraction of sp³-hybridized carbons (Fsp3) is 0.462. The smallest absolute Gasteiger partial charge is 0.262 e. The zero-order valence-electron chi connectivity index (χ0n) is 11.1. The molecule has 6 nitrogen and oxygen atoms in total. The van der Waals surface area contributed by atoms with Crippen molar-refractivity contribution < 1.29 is 14.6 Å². The number of aliphatic hydroxyl groups is 1. The Labute approximate surface area is 111 Å². The van der Waals surface area contributed by atoms with Gasteiger partial charge in [-0.25, -0.2) is 0 Å². The van der Waals surface area contributed by atoms with Gasteiger partial charge in [-0.2, -0.15) is 0 Å². The van der Waals surface area contributed by atoms with Crippen LogP contribution in [0.5, 0.6) is 5.75 Å². The number of anilines is 3. The van der Waals surface area contributed by atoms with Gasteiger partial charge in [0, 0.05) is 12.1 Å².